The van der Waals surface area contributed by atoms with E-state index in [1.54, 1.807) is 4.90 Å². The lowest BCUT2D eigenvalue weighted by Crippen LogP contribution is -2.34. The Morgan fingerprint density at radius 3 is 2.26 bits per heavy atom. The second kappa shape index (κ2) is 18.1. The monoisotopic (exact) mass is 499 g/mol. The van der Waals surface area contributed by atoms with E-state index in [0.717, 1.165) is 18.4 Å². The fourth-order valence-corrected chi connectivity index (χ4v) is 3.55. The lowest BCUT2D eigenvalue weighted by atomic mass is 9.85. The van der Waals surface area contributed by atoms with Gasteiger partial charge in [0.25, 0.3) is 0 Å². The summed E-state index contributed by atoms with van der Waals surface area (Å²) in [5.41, 5.74) is 1.93. The van der Waals surface area contributed by atoms with E-state index >= 15 is 0 Å². The highest BCUT2D eigenvalue weighted by Crippen LogP contribution is 2.26. The maximum absolute atomic E-state index is 12.0. The Morgan fingerprint density at radius 1 is 1.29 bits per heavy atom. The molecule has 1 fully saturated rings. The second-order valence-corrected chi connectivity index (χ2v) is 10.2. The van der Waals surface area contributed by atoms with Gasteiger partial charge in [-0.2, -0.15) is 0 Å². The minimum Gasteiger partial charge on any atom is -0.391 e. The molecule has 1 saturated heterocycles. The van der Waals surface area contributed by atoms with E-state index < -0.39 is 16.1 Å². The van der Waals surface area contributed by atoms with E-state index in [4.69, 9.17) is 11.2 Å². The summed E-state index contributed by atoms with van der Waals surface area (Å²) in [6.07, 6.45) is 7.53. The number of sulfonamides is 1. The predicted octanol–water partition coefficient (Wildman–Crippen LogP) is -0.0436. The summed E-state index contributed by atoms with van der Waals surface area (Å²) in [4.78, 5) is 21.7. The maximum Gasteiger partial charge on any atom is 0.223 e. The number of hydrogen-bond donors (Lipinski definition) is 5. The molecule has 1 unspecified atom stereocenters. The van der Waals surface area contributed by atoms with Gasteiger partial charge in [-0.25, -0.2) is 13.1 Å². The summed E-state index contributed by atoms with van der Waals surface area (Å²) in [6, 6.07) is 7.97. The van der Waals surface area contributed by atoms with Crippen LogP contribution in [0.1, 0.15) is 44.2 Å². The topological polar surface area (TPSA) is 168 Å². The van der Waals surface area contributed by atoms with Crippen LogP contribution in [0.15, 0.2) is 24.3 Å². The number of aliphatic hydroxyl groups is 1. The van der Waals surface area contributed by atoms with Gasteiger partial charge in [0.2, 0.25) is 15.9 Å². The Bertz CT molecular complexity index is 838. The van der Waals surface area contributed by atoms with Gasteiger partial charge in [-0.05, 0) is 43.0 Å². The molecule has 0 aliphatic carbocycles. The van der Waals surface area contributed by atoms with Gasteiger partial charge in [0.15, 0.2) is 0 Å². The SMILES string of the molecule is C#Cc1ccc(CNC)cc1.C=O.CC(C)(CCNS(C)(=O)=O)CC(=O)N1CCC(O)C1.NN. The molecular formula is C23H41N5O5S. The van der Waals surface area contributed by atoms with E-state index in [1.165, 1.54) is 5.56 Å². The van der Waals surface area contributed by atoms with Crippen LogP contribution in [0, 0.1) is 17.8 Å². The summed E-state index contributed by atoms with van der Waals surface area (Å²) in [5, 5.41) is 12.5. The summed E-state index contributed by atoms with van der Waals surface area (Å²) in [6.45, 7) is 8.14. The molecule has 10 nitrogen and oxygen atoms in total. The molecule has 194 valence electrons. The first kappa shape index (κ1) is 33.8. The zero-order valence-electron chi connectivity index (χ0n) is 20.7. The molecule has 1 aliphatic rings. The highest BCUT2D eigenvalue weighted by Gasteiger charge is 2.29. The van der Waals surface area contributed by atoms with Crippen LogP contribution in [0.3, 0.4) is 0 Å². The molecule has 34 heavy (non-hydrogen) atoms. The van der Waals surface area contributed by atoms with Crippen molar-refractivity contribution in [1.29, 1.82) is 0 Å². The van der Waals surface area contributed by atoms with Crippen molar-refractivity contribution in [2.24, 2.45) is 17.1 Å². The number of nitrogens with one attached hydrogen (secondary N) is 2. The van der Waals surface area contributed by atoms with Crippen LogP contribution in [0.2, 0.25) is 0 Å². The number of amides is 1. The highest BCUT2D eigenvalue weighted by atomic mass is 32.2. The standard InChI is InChI=1S/C12H24N2O4S.C10H11N.CH2O.H4N2/c1-12(2,5-6-13-19(3,17)18)8-11(16)14-7-4-10(15)9-14;1-3-9-4-6-10(7-5-9)8-11-2;2*1-2/h10,13,15H,4-9H2,1-3H3;1,4-7,11H,8H2,2H3;1H2;1-2H2. The molecule has 0 radical (unpaired) electrons. The van der Waals surface area contributed by atoms with Crippen molar-refractivity contribution in [3.8, 4) is 12.3 Å². The van der Waals surface area contributed by atoms with Gasteiger partial charge in [0, 0.05) is 38.2 Å². The van der Waals surface area contributed by atoms with Crippen LogP contribution >= 0.6 is 0 Å². The molecule has 1 amide bonds. The van der Waals surface area contributed by atoms with Gasteiger partial charge in [0.05, 0.1) is 12.4 Å². The minimum atomic E-state index is -3.18. The molecule has 0 spiro atoms. The molecule has 0 aromatic heterocycles. The summed E-state index contributed by atoms with van der Waals surface area (Å²) < 4.78 is 24.4. The van der Waals surface area contributed by atoms with Crippen molar-refractivity contribution >= 4 is 22.7 Å². The number of nitrogens with two attached hydrogens (primary N) is 2. The Labute approximate surface area is 204 Å². The molecule has 7 N–H and O–H groups in total. The van der Waals surface area contributed by atoms with Crippen LogP contribution in [0.5, 0.6) is 0 Å². The molecule has 0 bridgehead atoms. The van der Waals surface area contributed by atoms with Gasteiger partial charge >= 0.3 is 0 Å². The molecule has 1 atom stereocenters. The second-order valence-electron chi connectivity index (χ2n) is 8.41. The van der Waals surface area contributed by atoms with Crippen molar-refractivity contribution in [2.45, 2.75) is 45.8 Å². The lowest BCUT2D eigenvalue weighted by molar-refractivity contribution is -0.132. The molecule has 1 aromatic carbocycles. The van der Waals surface area contributed by atoms with Crippen LogP contribution in [0.4, 0.5) is 0 Å². The third-order valence-electron chi connectivity index (χ3n) is 4.81. The number of likely N-dealkylation sites (tertiary alicyclic amines) is 1. The van der Waals surface area contributed by atoms with Crippen molar-refractivity contribution in [1.82, 2.24) is 14.9 Å². The number of aliphatic hydroxyl groups excluding tert-OH is 1. The number of terminal acetylenes is 1. The van der Waals surface area contributed by atoms with Gasteiger partial charge in [-0.3, -0.25) is 16.5 Å². The number of nitrogens with zero attached hydrogens (tertiary/aromatic N) is 1. The van der Waals surface area contributed by atoms with Crippen molar-refractivity contribution in [2.75, 3.05) is 32.9 Å². The third kappa shape index (κ3) is 16.3. The van der Waals surface area contributed by atoms with Gasteiger partial charge in [-0.1, -0.05) is 31.9 Å². The van der Waals surface area contributed by atoms with Gasteiger partial charge in [0.1, 0.15) is 6.79 Å². The fraction of sp³-hybridized carbons (Fsp3) is 0.565. The number of rotatable bonds is 8. The number of carbonyl (C=O) groups excluding carboxylic acids is 2. The first-order chi connectivity index (χ1) is 16.0. The molecule has 1 heterocycles. The Morgan fingerprint density at radius 2 is 1.85 bits per heavy atom. The number of benzene rings is 1. The van der Waals surface area contributed by atoms with E-state index in [-0.39, 0.29) is 11.3 Å². The number of β-amino-alcohol motifs (C(OH)–C–C–N with tert-alkyl or cyclic N) is 1. The molecule has 0 saturated carbocycles. The van der Waals surface area contributed by atoms with E-state index in [2.05, 4.69) is 27.6 Å². The number of hydrazine groups is 1. The number of hydrogen-bond acceptors (Lipinski definition) is 8. The molecule has 2 rings (SSSR count). The van der Waals surface area contributed by atoms with Crippen LogP contribution in [-0.2, 0) is 26.2 Å². The van der Waals surface area contributed by atoms with Crippen molar-refractivity contribution in [3.05, 3.63) is 35.4 Å². The Kier molecular flexibility index (Phi) is 18.0. The minimum absolute atomic E-state index is 0.0286. The van der Waals surface area contributed by atoms with E-state index in [9.17, 15) is 18.3 Å². The van der Waals surface area contributed by atoms with Gasteiger partial charge in [-0.15, -0.1) is 6.42 Å². The first-order valence-electron chi connectivity index (χ1n) is 10.7. The Hall–Kier alpha value is -2.33. The average molecular weight is 500 g/mol. The molecule has 11 heteroatoms. The van der Waals surface area contributed by atoms with E-state index in [1.807, 2.05) is 51.9 Å². The largest absolute Gasteiger partial charge is 0.391 e. The first-order valence-corrected chi connectivity index (χ1v) is 12.6. The van der Waals surface area contributed by atoms with Crippen molar-refractivity contribution < 1.29 is 23.1 Å². The van der Waals surface area contributed by atoms with Crippen LogP contribution in [0.25, 0.3) is 0 Å². The zero-order chi connectivity index (χ0) is 26.8. The Balaban J connectivity index is 0. The quantitative estimate of drug-likeness (QED) is 0.189. The van der Waals surface area contributed by atoms with Crippen molar-refractivity contribution in [3.63, 3.8) is 0 Å². The van der Waals surface area contributed by atoms with Gasteiger partial charge < -0.3 is 20.1 Å². The van der Waals surface area contributed by atoms with Crippen LogP contribution < -0.4 is 21.7 Å². The average Bonchev–Trinajstić information content (AvgIpc) is 3.23. The summed E-state index contributed by atoms with van der Waals surface area (Å²) in [7, 11) is -1.25. The highest BCUT2D eigenvalue weighted by molar-refractivity contribution is 7.88. The normalized spacial score (nSPS) is 14.9. The van der Waals surface area contributed by atoms with Crippen LogP contribution in [-0.4, -0.2) is 70.2 Å². The molecule has 1 aliphatic heterocycles. The molecular weight excluding hydrogens is 458 g/mol. The number of carbonyl (C=O) groups is 2. The lowest BCUT2D eigenvalue weighted by Gasteiger charge is -2.26. The third-order valence-corrected chi connectivity index (χ3v) is 5.54. The smallest absolute Gasteiger partial charge is 0.223 e. The zero-order valence-corrected chi connectivity index (χ0v) is 21.5. The maximum atomic E-state index is 12.0. The fourth-order valence-electron chi connectivity index (χ4n) is 3.08. The molecule has 1 aromatic rings. The predicted molar refractivity (Wildman–Crippen MR) is 136 cm³/mol. The van der Waals surface area contributed by atoms with E-state index in [0.29, 0.717) is 38.9 Å². The summed E-state index contributed by atoms with van der Waals surface area (Å²) >= 11 is 0. The summed E-state index contributed by atoms with van der Waals surface area (Å²) in [5.74, 6) is 10.6.